The second-order valence-corrected chi connectivity index (χ2v) is 16.1. The zero-order chi connectivity index (χ0) is 32.6. The number of aryl methyl sites for hydroxylation is 2. The van der Waals surface area contributed by atoms with Gasteiger partial charge in [-0.2, -0.15) is 4.98 Å². The second kappa shape index (κ2) is 12.7. The average Bonchev–Trinajstić information content (AvgIpc) is 2.94. The number of anilines is 1. The van der Waals surface area contributed by atoms with Crippen LogP contribution in [0.5, 0.6) is 5.88 Å². The maximum atomic E-state index is 14.3. The van der Waals surface area contributed by atoms with Crippen LogP contribution < -0.4 is 9.46 Å². The normalized spacial score (nSPS) is 21.5. The van der Waals surface area contributed by atoms with E-state index in [4.69, 9.17) is 9.47 Å². The topological polar surface area (TPSA) is 111 Å². The van der Waals surface area contributed by atoms with Gasteiger partial charge in [-0.05, 0) is 79.7 Å². The Kier molecular flexibility index (Phi) is 9.29. The molecule has 10 heteroatoms. The van der Waals surface area contributed by atoms with Crippen LogP contribution in [-0.4, -0.2) is 61.1 Å². The van der Waals surface area contributed by atoms with Gasteiger partial charge in [-0.15, -0.1) is 0 Å². The van der Waals surface area contributed by atoms with Crippen molar-refractivity contribution in [1.82, 2.24) is 14.9 Å². The Hall–Kier alpha value is -3.50. The lowest BCUT2D eigenvalue weighted by molar-refractivity contribution is -0.0441. The first-order valence-electron chi connectivity index (χ1n) is 15.7. The lowest BCUT2D eigenvalue weighted by Crippen LogP contribution is -2.47. The molecule has 3 aromatic rings. The summed E-state index contributed by atoms with van der Waals surface area (Å²) in [6.45, 7) is 16.2. The molecule has 9 nitrogen and oxygen atoms in total. The minimum Gasteiger partial charge on any atom is -0.475 e. The third-order valence-corrected chi connectivity index (χ3v) is 9.96. The summed E-state index contributed by atoms with van der Waals surface area (Å²) >= 11 is 0. The number of ether oxygens (including phenoxy) is 2. The van der Waals surface area contributed by atoms with Crippen molar-refractivity contribution in [2.24, 2.45) is 10.8 Å². The van der Waals surface area contributed by atoms with Crippen LogP contribution >= 0.6 is 0 Å². The van der Waals surface area contributed by atoms with Crippen LogP contribution in [0.4, 0.5) is 5.95 Å². The molecule has 0 aliphatic carbocycles. The smallest absolute Gasteiger partial charge is 0.264 e. The number of hydrogen-bond acceptors (Lipinski definition) is 7. The van der Waals surface area contributed by atoms with Crippen LogP contribution in [0.3, 0.4) is 0 Å². The summed E-state index contributed by atoms with van der Waals surface area (Å²) in [5.41, 5.74) is 3.77. The molecule has 1 saturated heterocycles. The third-order valence-electron chi connectivity index (χ3n) is 8.63. The van der Waals surface area contributed by atoms with E-state index in [0.717, 1.165) is 29.5 Å². The summed E-state index contributed by atoms with van der Waals surface area (Å²) in [6.07, 6.45) is 3.28. The summed E-state index contributed by atoms with van der Waals surface area (Å²) in [4.78, 5) is 25.2. The highest BCUT2D eigenvalue weighted by atomic mass is 32.2. The van der Waals surface area contributed by atoms with E-state index in [9.17, 15) is 13.2 Å². The summed E-state index contributed by atoms with van der Waals surface area (Å²) in [5, 5.41) is 0. The largest absolute Gasteiger partial charge is 0.475 e. The number of nitrogens with one attached hydrogen (secondary N) is 1. The van der Waals surface area contributed by atoms with Gasteiger partial charge in [0.2, 0.25) is 11.8 Å². The van der Waals surface area contributed by atoms with Gasteiger partial charge < -0.3 is 14.4 Å². The molecule has 5 rings (SSSR count). The van der Waals surface area contributed by atoms with Gasteiger partial charge in [0.25, 0.3) is 15.9 Å². The lowest BCUT2D eigenvalue weighted by Gasteiger charge is -2.39. The average molecular weight is 635 g/mol. The maximum absolute atomic E-state index is 14.3. The van der Waals surface area contributed by atoms with E-state index in [1.165, 1.54) is 12.1 Å². The Bertz CT molecular complexity index is 1640. The number of fused-ring (bicyclic) bond motifs is 4. The number of aromatic nitrogens is 2. The van der Waals surface area contributed by atoms with Crippen molar-refractivity contribution in [3.8, 4) is 17.1 Å². The molecule has 2 aliphatic rings. The summed E-state index contributed by atoms with van der Waals surface area (Å²) in [7, 11) is -4.12. The van der Waals surface area contributed by atoms with Crippen molar-refractivity contribution in [3.63, 3.8) is 0 Å². The zero-order valence-electron chi connectivity index (χ0n) is 27.5. The molecule has 45 heavy (non-hydrogen) atoms. The highest BCUT2D eigenvalue weighted by molar-refractivity contribution is 7.92. The molecule has 2 atom stereocenters. The monoisotopic (exact) mass is 634 g/mol. The molecule has 3 heterocycles. The molecule has 4 bridgehead atoms. The summed E-state index contributed by atoms with van der Waals surface area (Å²) in [6, 6.07) is 13.5. The lowest BCUT2D eigenvalue weighted by atomic mass is 9.81. The van der Waals surface area contributed by atoms with Crippen molar-refractivity contribution in [1.29, 1.82) is 0 Å². The Labute approximate surface area is 267 Å². The number of carbonyl (C=O) groups is 1. The second-order valence-electron chi connectivity index (χ2n) is 14.4. The van der Waals surface area contributed by atoms with Crippen LogP contribution in [0.1, 0.15) is 81.8 Å². The van der Waals surface area contributed by atoms with Gasteiger partial charge in [0, 0.05) is 30.3 Å². The molecule has 0 saturated carbocycles. The first-order chi connectivity index (χ1) is 21.1. The predicted molar refractivity (Wildman–Crippen MR) is 176 cm³/mol. The fourth-order valence-corrected chi connectivity index (χ4v) is 7.37. The standard InChI is InChI=1S/C35H46N4O5S/c1-23-10-8-11-24(2)31(23)29-19-30-37-33(36-29)38-45(41,42)28-13-9-12-25(18-28)32(40)39(26(22-44-30)20-34(3,4)5)16-14-27-21-35(6,7)15-17-43-27/h8-13,18-19,26-27H,14-17,20-22H2,1-7H3,(H,36,37,38)/t26-,27?/m1/s1. The molecule has 1 unspecified atom stereocenters. The first-order valence-corrected chi connectivity index (χ1v) is 17.2. The van der Waals surface area contributed by atoms with Crippen molar-refractivity contribution < 1.29 is 22.7 Å². The van der Waals surface area contributed by atoms with Gasteiger partial charge >= 0.3 is 0 Å². The molecule has 2 aromatic carbocycles. The van der Waals surface area contributed by atoms with Crippen LogP contribution in [-0.2, 0) is 14.8 Å². The number of carbonyl (C=O) groups excluding carboxylic acids is 1. The van der Waals surface area contributed by atoms with Gasteiger partial charge in [-0.3, -0.25) is 4.79 Å². The van der Waals surface area contributed by atoms with Crippen LogP contribution in [0.2, 0.25) is 0 Å². The number of rotatable bonds is 5. The summed E-state index contributed by atoms with van der Waals surface area (Å²) < 4.78 is 42.3. The van der Waals surface area contributed by atoms with E-state index in [0.29, 0.717) is 37.3 Å². The zero-order valence-corrected chi connectivity index (χ0v) is 28.3. The van der Waals surface area contributed by atoms with Crippen LogP contribution in [0.25, 0.3) is 11.3 Å². The number of nitrogens with zero attached hydrogens (tertiary/aromatic N) is 3. The van der Waals surface area contributed by atoms with Crippen molar-refractivity contribution in [3.05, 3.63) is 65.2 Å². The minimum absolute atomic E-state index is 0.0302. The van der Waals surface area contributed by atoms with Gasteiger partial charge in [-0.25, -0.2) is 18.1 Å². The van der Waals surface area contributed by atoms with Gasteiger partial charge in [0.15, 0.2) is 0 Å². The van der Waals surface area contributed by atoms with E-state index >= 15 is 0 Å². The van der Waals surface area contributed by atoms with Crippen molar-refractivity contribution in [2.45, 2.75) is 91.2 Å². The molecular formula is C35H46N4O5S. The molecule has 1 aromatic heterocycles. The molecule has 1 N–H and O–H groups in total. The Morgan fingerprint density at radius 1 is 1.04 bits per heavy atom. The van der Waals surface area contributed by atoms with Crippen molar-refractivity contribution >= 4 is 21.9 Å². The number of amides is 1. The Morgan fingerprint density at radius 3 is 2.44 bits per heavy atom. The minimum atomic E-state index is -4.12. The number of sulfonamides is 1. The molecule has 1 amide bonds. The summed E-state index contributed by atoms with van der Waals surface area (Å²) in [5.74, 6) is -0.106. The maximum Gasteiger partial charge on any atom is 0.264 e. The van der Waals surface area contributed by atoms with Gasteiger partial charge in [0.05, 0.1) is 22.7 Å². The van der Waals surface area contributed by atoms with Gasteiger partial charge in [0.1, 0.15) is 6.61 Å². The van der Waals surface area contributed by atoms with E-state index in [2.05, 4.69) is 49.3 Å². The van der Waals surface area contributed by atoms with E-state index in [1.54, 1.807) is 18.2 Å². The van der Waals surface area contributed by atoms with Crippen LogP contribution in [0, 0.1) is 24.7 Å². The Morgan fingerprint density at radius 2 is 1.76 bits per heavy atom. The molecule has 242 valence electrons. The van der Waals surface area contributed by atoms with E-state index in [-0.39, 0.29) is 52.2 Å². The quantitative estimate of drug-likeness (QED) is 0.329. The number of hydrogen-bond donors (Lipinski definition) is 1. The highest BCUT2D eigenvalue weighted by Crippen LogP contribution is 2.35. The molecule has 0 radical (unpaired) electrons. The third kappa shape index (κ3) is 8.02. The Balaban J connectivity index is 1.60. The fourth-order valence-electron chi connectivity index (χ4n) is 6.38. The molecule has 0 spiro atoms. The predicted octanol–water partition coefficient (Wildman–Crippen LogP) is 6.80. The molecular weight excluding hydrogens is 588 g/mol. The number of benzene rings is 2. The van der Waals surface area contributed by atoms with Gasteiger partial charge in [-0.1, -0.05) is 58.9 Å². The van der Waals surface area contributed by atoms with Crippen LogP contribution in [0.15, 0.2) is 53.4 Å². The first kappa shape index (κ1) is 32.9. The molecule has 2 aliphatic heterocycles. The molecule has 1 fully saturated rings. The fraction of sp³-hybridized carbons (Fsp3) is 0.514. The van der Waals surface area contributed by atoms with Crippen molar-refractivity contribution in [2.75, 3.05) is 24.5 Å². The van der Waals surface area contributed by atoms with E-state index < -0.39 is 10.0 Å². The SMILES string of the molecule is Cc1cccc(C)c1-c1cc2nc(n1)NS(=O)(=O)c1cccc(c1)C(=O)N(CCC1CC(C)(C)CCO1)[C@H](CC(C)(C)C)CO2. The highest BCUT2D eigenvalue weighted by Gasteiger charge is 2.34. The van der Waals surface area contributed by atoms with E-state index in [1.807, 2.05) is 36.9 Å².